The Morgan fingerprint density at radius 3 is 2.70 bits per heavy atom. The van der Waals surface area contributed by atoms with E-state index in [2.05, 4.69) is 5.10 Å². The van der Waals surface area contributed by atoms with Crippen LogP contribution < -0.4 is 0 Å². The molecule has 0 aliphatic heterocycles. The van der Waals surface area contributed by atoms with Crippen molar-refractivity contribution in [2.24, 2.45) is 0 Å². The SMILES string of the molecule is Cc1csc(C(O)c2cnn(-c3ccccc3)c2)c1Cl. The van der Waals surface area contributed by atoms with E-state index in [1.807, 2.05) is 48.8 Å². The highest BCUT2D eigenvalue weighted by Crippen LogP contribution is 2.35. The van der Waals surface area contributed by atoms with Crippen LogP contribution in [-0.4, -0.2) is 14.9 Å². The van der Waals surface area contributed by atoms with Gasteiger partial charge in [-0.1, -0.05) is 29.8 Å². The van der Waals surface area contributed by atoms with Gasteiger partial charge in [0.15, 0.2) is 0 Å². The topological polar surface area (TPSA) is 38.1 Å². The summed E-state index contributed by atoms with van der Waals surface area (Å²) in [5, 5.41) is 17.3. The largest absolute Gasteiger partial charge is 0.383 e. The quantitative estimate of drug-likeness (QED) is 0.795. The molecular weight excluding hydrogens is 292 g/mol. The molecule has 102 valence electrons. The van der Waals surface area contributed by atoms with E-state index >= 15 is 0 Å². The first-order valence-corrected chi connectivity index (χ1v) is 7.44. The third kappa shape index (κ3) is 2.38. The molecule has 0 amide bonds. The average Bonchev–Trinajstić information content (AvgIpc) is 3.08. The average molecular weight is 305 g/mol. The molecule has 1 N–H and O–H groups in total. The van der Waals surface area contributed by atoms with Crippen LogP contribution in [0.15, 0.2) is 48.1 Å². The van der Waals surface area contributed by atoms with Crippen LogP contribution in [0.1, 0.15) is 22.1 Å². The van der Waals surface area contributed by atoms with Gasteiger partial charge in [0.2, 0.25) is 0 Å². The summed E-state index contributed by atoms with van der Waals surface area (Å²) >= 11 is 7.67. The molecule has 0 aliphatic carbocycles. The van der Waals surface area contributed by atoms with Crippen molar-refractivity contribution in [2.45, 2.75) is 13.0 Å². The number of rotatable bonds is 3. The van der Waals surface area contributed by atoms with E-state index in [4.69, 9.17) is 11.6 Å². The molecule has 0 fully saturated rings. The maximum absolute atomic E-state index is 10.4. The molecule has 0 aliphatic rings. The minimum absolute atomic E-state index is 0.634. The third-order valence-electron chi connectivity index (χ3n) is 3.11. The molecule has 0 saturated heterocycles. The van der Waals surface area contributed by atoms with Crippen LogP contribution >= 0.6 is 22.9 Å². The first kappa shape index (κ1) is 13.4. The van der Waals surface area contributed by atoms with Crippen molar-refractivity contribution in [3.8, 4) is 5.69 Å². The summed E-state index contributed by atoms with van der Waals surface area (Å²) in [6, 6.07) is 9.78. The highest BCUT2D eigenvalue weighted by Gasteiger charge is 2.19. The van der Waals surface area contributed by atoms with Gasteiger partial charge in [0.1, 0.15) is 6.10 Å². The van der Waals surface area contributed by atoms with Crippen molar-refractivity contribution in [2.75, 3.05) is 0 Å². The van der Waals surface area contributed by atoms with Gasteiger partial charge in [-0.3, -0.25) is 0 Å². The zero-order chi connectivity index (χ0) is 14.1. The number of benzene rings is 1. The van der Waals surface area contributed by atoms with Crippen molar-refractivity contribution in [1.29, 1.82) is 0 Å². The summed E-state index contributed by atoms with van der Waals surface area (Å²) < 4.78 is 1.74. The maximum Gasteiger partial charge on any atom is 0.118 e. The molecule has 2 heterocycles. The smallest absolute Gasteiger partial charge is 0.118 e. The van der Waals surface area contributed by atoms with Gasteiger partial charge in [-0.05, 0) is 30.0 Å². The minimum Gasteiger partial charge on any atom is -0.383 e. The zero-order valence-electron chi connectivity index (χ0n) is 10.8. The number of aliphatic hydroxyl groups excluding tert-OH is 1. The molecule has 3 rings (SSSR count). The van der Waals surface area contributed by atoms with Gasteiger partial charge in [0.25, 0.3) is 0 Å². The highest BCUT2D eigenvalue weighted by atomic mass is 35.5. The van der Waals surface area contributed by atoms with Gasteiger partial charge >= 0.3 is 0 Å². The van der Waals surface area contributed by atoms with Gasteiger partial charge in [0.05, 0.1) is 21.8 Å². The Morgan fingerprint density at radius 1 is 1.30 bits per heavy atom. The Labute approximate surface area is 126 Å². The van der Waals surface area contributed by atoms with Gasteiger partial charge in [-0.2, -0.15) is 5.10 Å². The number of hydrogen-bond donors (Lipinski definition) is 1. The Bertz CT molecular complexity index is 721. The van der Waals surface area contributed by atoms with Crippen LogP contribution in [-0.2, 0) is 0 Å². The lowest BCUT2D eigenvalue weighted by atomic mass is 10.1. The van der Waals surface area contributed by atoms with Gasteiger partial charge in [0, 0.05) is 11.8 Å². The molecule has 1 atom stereocenters. The van der Waals surface area contributed by atoms with Crippen molar-refractivity contribution < 1.29 is 5.11 Å². The molecule has 0 radical (unpaired) electrons. The molecule has 0 spiro atoms. The fraction of sp³-hybridized carbons (Fsp3) is 0.133. The molecule has 0 bridgehead atoms. The fourth-order valence-electron chi connectivity index (χ4n) is 1.99. The summed E-state index contributed by atoms with van der Waals surface area (Å²) in [7, 11) is 0. The number of thiophene rings is 1. The van der Waals surface area contributed by atoms with Crippen molar-refractivity contribution >= 4 is 22.9 Å². The normalized spacial score (nSPS) is 12.6. The lowest BCUT2D eigenvalue weighted by Gasteiger charge is -2.06. The predicted octanol–water partition coefficient (Wildman–Crippen LogP) is 3.98. The standard InChI is InChI=1S/C15H13ClN2OS/c1-10-9-20-15(13(10)16)14(19)11-7-17-18(8-11)12-5-3-2-4-6-12/h2-9,14,19H,1H3. The van der Waals surface area contributed by atoms with E-state index in [1.165, 1.54) is 11.3 Å². The van der Waals surface area contributed by atoms with Crippen LogP contribution in [0.4, 0.5) is 0 Å². The van der Waals surface area contributed by atoms with E-state index < -0.39 is 6.10 Å². The molecule has 3 nitrogen and oxygen atoms in total. The lowest BCUT2D eigenvalue weighted by molar-refractivity contribution is 0.224. The van der Waals surface area contributed by atoms with E-state index in [0.29, 0.717) is 5.02 Å². The van der Waals surface area contributed by atoms with Gasteiger partial charge < -0.3 is 5.11 Å². The van der Waals surface area contributed by atoms with Crippen LogP contribution in [0.5, 0.6) is 0 Å². The van der Waals surface area contributed by atoms with E-state index in [1.54, 1.807) is 10.9 Å². The second-order valence-corrected chi connectivity index (χ2v) is 5.84. The fourth-order valence-corrected chi connectivity index (χ4v) is 3.29. The van der Waals surface area contributed by atoms with Gasteiger partial charge in [-0.15, -0.1) is 11.3 Å². The maximum atomic E-state index is 10.4. The second kappa shape index (κ2) is 5.40. The first-order valence-electron chi connectivity index (χ1n) is 6.18. The summed E-state index contributed by atoms with van der Waals surface area (Å²) in [5.74, 6) is 0. The Hall–Kier alpha value is -1.62. The monoisotopic (exact) mass is 304 g/mol. The molecule has 5 heteroatoms. The second-order valence-electron chi connectivity index (χ2n) is 4.55. The Balaban J connectivity index is 1.92. The lowest BCUT2D eigenvalue weighted by Crippen LogP contribution is -1.97. The summed E-state index contributed by atoms with van der Waals surface area (Å²) in [6.45, 7) is 1.93. The molecule has 20 heavy (non-hydrogen) atoms. The Kier molecular flexibility index (Phi) is 3.61. The van der Waals surface area contributed by atoms with Crippen LogP contribution in [0.2, 0.25) is 5.02 Å². The van der Waals surface area contributed by atoms with E-state index in [-0.39, 0.29) is 0 Å². The highest BCUT2D eigenvalue weighted by molar-refractivity contribution is 7.10. The molecular formula is C15H13ClN2OS. The zero-order valence-corrected chi connectivity index (χ0v) is 12.4. The summed E-state index contributed by atoms with van der Waals surface area (Å²) in [6.07, 6.45) is 2.76. The molecule has 1 unspecified atom stereocenters. The summed E-state index contributed by atoms with van der Waals surface area (Å²) in [5.41, 5.74) is 2.68. The van der Waals surface area contributed by atoms with Crippen molar-refractivity contribution in [3.63, 3.8) is 0 Å². The van der Waals surface area contributed by atoms with Crippen molar-refractivity contribution in [3.05, 3.63) is 69.1 Å². The number of nitrogens with zero attached hydrogens (tertiary/aromatic N) is 2. The first-order chi connectivity index (χ1) is 9.66. The number of para-hydroxylation sites is 1. The van der Waals surface area contributed by atoms with Gasteiger partial charge in [-0.25, -0.2) is 4.68 Å². The summed E-state index contributed by atoms with van der Waals surface area (Å²) in [4.78, 5) is 0.761. The molecule has 2 aromatic heterocycles. The van der Waals surface area contributed by atoms with Crippen molar-refractivity contribution in [1.82, 2.24) is 9.78 Å². The number of aliphatic hydroxyl groups is 1. The van der Waals surface area contributed by atoms with Crippen LogP contribution in [0.3, 0.4) is 0 Å². The minimum atomic E-state index is -0.737. The molecule has 0 saturated carbocycles. The number of halogens is 1. The third-order valence-corrected chi connectivity index (χ3v) is 4.88. The number of aryl methyl sites for hydroxylation is 1. The Morgan fingerprint density at radius 2 is 2.05 bits per heavy atom. The van der Waals surface area contributed by atoms with E-state index in [0.717, 1.165) is 21.7 Å². The van der Waals surface area contributed by atoms with Crippen LogP contribution in [0, 0.1) is 6.92 Å². The molecule has 3 aromatic rings. The predicted molar refractivity (Wildman–Crippen MR) is 81.7 cm³/mol. The number of hydrogen-bond acceptors (Lipinski definition) is 3. The molecule has 1 aromatic carbocycles. The van der Waals surface area contributed by atoms with E-state index in [9.17, 15) is 5.11 Å². The van der Waals surface area contributed by atoms with Crippen LogP contribution in [0.25, 0.3) is 5.69 Å². The number of aromatic nitrogens is 2.